The lowest BCUT2D eigenvalue weighted by molar-refractivity contribution is 0.907. The van der Waals surface area contributed by atoms with Crippen molar-refractivity contribution in [2.75, 3.05) is 0 Å². The fourth-order valence-electron chi connectivity index (χ4n) is 0.612. The van der Waals surface area contributed by atoms with Crippen molar-refractivity contribution in [2.45, 2.75) is 29.7 Å². The molecule has 1 unspecified atom stereocenters. The molecule has 1 atom stereocenters. The molecule has 0 fully saturated rings. The summed E-state index contributed by atoms with van der Waals surface area (Å²) in [6, 6.07) is 4.29. The molecule has 0 aliphatic heterocycles. The average Bonchev–Trinajstić information content (AvgIpc) is 2.40. The first-order valence-corrected chi connectivity index (χ1v) is 5.29. The average molecular weight is 172 g/mol. The first-order chi connectivity index (χ1) is 4.83. The molecule has 1 heterocycles. The number of hydrogen-bond acceptors (Lipinski definition) is 2. The zero-order valence-electron chi connectivity index (χ0n) is 6.33. The maximum atomic E-state index is 2.27. The van der Waals surface area contributed by atoms with Gasteiger partial charge in [-0.15, -0.1) is 23.1 Å². The van der Waals surface area contributed by atoms with Crippen LogP contribution in [0.2, 0.25) is 0 Å². The van der Waals surface area contributed by atoms with Crippen LogP contribution in [-0.4, -0.2) is 5.25 Å². The van der Waals surface area contributed by atoms with Crippen LogP contribution in [0.4, 0.5) is 0 Å². The van der Waals surface area contributed by atoms with E-state index in [1.807, 2.05) is 23.1 Å². The fraction of sp³-hybridized carbons (Fsp3) is 0.500. The van der Waals surface area contributed by atoms with Crippen LogP contribution >= 0.6 is 23.1 Å². The minimum absolute atomic E-state index is 0.763. The van der Waals surface area contributed by atoms with Crippen LogP contribution < -0.4 is 0 Å². The van der Waals surface area contributed by atoms with Gasteiger partial charge in [0.25, 0.3) is 0 Å². The highest BCUT2D eigenvalue weighted by atomic mass is 32.2. The van der Waals surface area contributed by atoms with E-state index in [1.165, 1.54) is 10.6 Å². The Morgan fingerprint density at radius 3 is 3.00 bits per heavy atom. The van der Waals surface area contributed by atoms with Crippen molar-refractivity contribution in [2.24, 2.45) is 0 Å². The molecule has 0 amide bonds. The Hall–Kier alpha value is 0.0500. The van der Waals surface area contributed by atoms with Gasteiger partial charge >= 0.3 is 0 Å². The Morgan fingerprint density at radius 2 is 2.50 bits per heavy atom. The first-order valence-electron chi connectivity index (χ1n) is 3.53. The van der Waals surface area contributed by atoms with E-state index in [0.717, 1.165) is 5.25 Å². The molecule has 2 heteroatoms. The number of rotatable bonds is 3. The van der Waals surface area contributed by atoms with Gasteiger partial charge in [-0.25, -0.2) is 0 Å². The Labute approximate surface area is 70.7 Å². The van der Waals surface area contributed by atoms with Crippen LogP contribution in [-0.2, 0) is 0 Å². The van der Waals surface area contributed by atoms with Crippen LogP contribution in [0.1, 0.15) is 20.3 Å². The Morgan fingerprint density at radius 1 is 1.70 bits per heavy atom. The van der Waals surface area contributed by atoms with E-state index in [0.29, 0.717) is 0 Å². The highest BCUT2D eigenvalue weighted by Gasteiger charge is 2.00. The summed E-state index contributed by atoms with van der Waals surface area (Å²) in [4.78, 5) is 0. The zero-order chi connectivity index (χ0) is 7.40. The molecule has 1 rings (SSSR count). The molecule has 0 N–H and O–H groups in total. The van der Waals surface area contributed by atoms with Crippen LogP contribution in [0.25, 0.3) is 0 Å². The second kappa shape index (κ2) is 4.04. The zero-order valence-corrected chi connectivity index (χ0v) is 7.97. The van der Waals surface area contributed by atoms with E-state index < -0.39 is 0 Å². The van der Waals surface area contributed by atoms with Crippen LogP contribution in [0.5, 0.6) is 0 Å². The van der Waals surface area contributed by atoms with E-state index in [-0.39, 0.29) is 0 Å². The highest BCUT2D eigenvalue weighted by molar-refractivity contribution is 8.01. The van der Waals surface area contributed by atoms with Crippen molar-refractivity contribution < 1.29 is 0 Å². The van der Waals surface area contributed by atoms with Gasteiger partial charge in [-0.1, -0.05) is 19.9 Å². The Bertz CT molecular complexity index is 167. The van der Waals surface area contributed by atoms with E-state index in [1.54, 1.807) is 0 Å². The van der Waals surface area contributed by atoms with Gasteiger partial charge in [0.2, 0.25) is 0 Å². The van der Waals surface area contributed by atoms with Gasteiger partial charge in [0, 0.05) is 5.25 Å². The second-order valence-corrected chi connectivity index (χ2v) is 4.96. The van der Waals surface area contributed by atoms with Crippen LogP contribution in [0.15, 0.2) is 21.7 Å². The molecule has 0 saturated carbocycles. The number of thiophene rings is 1. The minimum atomic E-state index is 0.763. The predicted octanol–water partition coefficient (Wildman–Crippen LogP) is 3.64. The maximum absolute atomic E-state index is 2.27. The normalized spacial score (nSPS) is 13.4. The lowest BCUT2D eigenvalue weighted by Crippen LogP contribution is -1.89. The van der Waals surface area contributed by atoms with Gasteiger partial charge in [0.15, 0.2) is 0 Å². The van der Waals surface area contributed by atoms with Gasteiger partial charge in [0.05, 0.1) is 4.21 Å². The van der Waals surface area contributed by atoms with Gasteiger partial charge < -0.3 is 0 Å². The topological polar surface area (TPSA) is 0 Å². The summed E-state index contributed by atoms with van der Waals surface area (Å²) in [5, 5.41) is 2.89. The molecule has 1 aromatic heterocycles. The van der Waals surface area contributed by atoms with Gasteiger partial charge in [-0.2, -0.15) is 0 Å². The number of thioether (sulfide) groups is 1. The smallest absolute Gasteiger partial charge is 0.0601 e. The SMILES string of the molecule is CCC(C)Sc1cccs1. The molecule has 1 aromatic rings. The standard InChI is InChI=1S/C8H12S2/c1-3-7(2)10-8-5-4-6-9-8/h4-7H,3H2,1-2H3. The monoisotopic (exact) mass is 172 g/mol. The molecule has 0 nitrogen and oxygen atoms in total. The third-order valence-electron chi connectivity index (χ3n) is 1.39. The van der Waals surface area contributed by atoms with Crippen molar-refractivity contribution in [3.63, 3.8) is 0 Å². The van der Waals surface area contributed by atoms with Crippen molar-refractivity contribution in [3.05, 3.63) is 17.5 Å². The van der Waals surface area contributed by atoms with E-state index in [2.05, 4.69) is 31.4 Å². The van der Waals surface area contributed by atoms with Crippen molar-refractivity contribution in [3.8, 4) is 0 Å². The molecule has 0 spiro atoms. The van der Waals surface area contributed by atoms with Crippen LogP contribution in [0, 0.1) is 0 Å². The summed E-state index contributed by atoms with van der Waals surface area (Å²) in [6.07, 6.45) is 1.25. The number of hydrogen-bond donors (Lipinski definition) is 0. The molecule has 10 heavy (non-hydrogen) atoms. The van der Waals surface area contributed by atoms with Crippen molar-refractivity contribution in [1.82, 2.24) is 0 Å². The van der Waals surface area contributed by atoms with Gasteiger partial charge in [-0.05, 0) is 17.9 Å². The lowest BCUT2D eigenvalue weighted by atomic mass is 10.4. The third kappa shape index (κ3) is 2.35. The van der Waals surface area contributed by atoms with E-state index in [9.17, 15) is 0 Å². The minimum Gasteiger partial charge on any atom is -0.137 e. The quantitative estimate of drug-likeness (QED) is 0.627. The Kier molecular flexibility index (Phi) is 3.29. The molecule has 0 aliphatic rings. The fourth-order valence-corrected chi connectivity index (χ4v) is 2.66. The molecular formula is C8H12S2. The summed E-state index contributed by atoms with van der Waals surface area (Å²) in [5.74, 6) is 0. The molecule has 0 radical (unpaired) electrons. The largest absolute Gasteiger partial charge is 0.137 e. The summed E-state index contributed by atoms with van der Waals surface area (Å²) in [6.45, 7) is 4.50. The van der Waals surface area contributed by atoms with Crippen LogP contribution in [0.3, 0.4) is 0 Å². The summed E-state index contributed by atoms with van der Waals surface area (Å²) in [7, 11) is 0. The maximum Gasteiger partial charge on any atom is 0.0601 e. The Balaban J connectivity index is 2.40. The molecule has 0 saturated heterocycles. The third-order valence-corrected chi connectivity index (χ3v) is 3.73. The molecule has 0 aromatic carbocycles. The van der Waals surface area contributed by atoms with Gasteiger partial charge in [0.1, 0.15) is 0 Å². The lowest BCUT2D eigenvalue weighted by Gasteiger charge is -2.03. The molecule has 56 valence electrons. The van der Waals surface area contributed by atoms with Crippen molar-refractivity contribution >= 4 is 23.1 Å². The molecule has 0 aliphatic carbocycles. The predicted molar refractivity (Wildman–Crippen MR) is 49.9 cm³/mol. The van der Waals surface area contributed by atoms with E-state index in [4.69, 9.17) is 0 Å². The highest BCUT2D eigenvalue weighted by Crippen LogP contribution is 2.28. The van der Waals surface area contributed by atoms with Crippen molar-refractivity contribution in [1.29, 1.82) is 0 Å². The van der Waals surface area contributed by atoms with Gasteiger partial charge in [-0.3, -0.25) is 0 Å². The second-order valence-electron chi connectivity index (χ2n) is 2.27. The molecular weight excluding hydrogens is 160 g/mol. The van der Waals surface area contributed by atoms with E-state index >= 15 is 0 Å². The summed E-state index contributed by atoms with van der Waals surface area (Å²) >= 11 is 3.80. The first kappa shape index (κ1) is 8.15. The molecule has 0 bridgehead atoms. The summed E-state index contributed by atoms with van der Waals surface area (Å²) in [5.41, 5.74) is 0. The summed E-state index contributed by atoms with van der Waals surface area (Å²) < 4.78 is 1.44.